The number of Topliss-reactive ketones (excluding diaryl/α,β-unsaturated/α-hetero) is 1. The molecule has 2 aromatic carbocycles. The van der Waals surface area contributed by atoms with Crippen LogP contribution in [0.25, 0.3) is 16.7 Å². The predicted molar refractivity (Wildman–Crippen MR) is 122 cm³/mol. The Kier molecular flexibility index (Phi) is 5.82. The molecule has 0 unspecified atom stereocenters. The van der Waals surface area contributed by atoms with E-state index in [9.17, 15) is 9.59 Å². The number of para-hydroxylation sites is 1. The summed E-state index contributed by atoms with van der Waals surface area (Å²) in [4.78, 5) is 29.5. The minimum atomic E-state index is -0.263. The number of aromatic nitrogens is 3. The van der Waals surface area contributed by atoms with Crippen molar-refractivity contribution in [2.24, 2.45) is 0 Å². The molecule has 2 aromatic heterocycles. The van der Waals surface area contributed by atoms with Crippen molar-refractivity contribution < 1.29 is 9.59 Å². The average Bonchev–Trinajstić information content (AvgIpc) is 3.12. The van der Waals surface area contributed by atoms with E-state index in [1.165, 1.54) is 0 Å². The molecule has 0 atom stereocenters. The predicted octanol–water partition coefficient (Wildman–Crippen LogP) is 5.29. The first-order chi connectivity index (χ1) is 14.9. The quantitative estimate of drug-likeness (QED) is 0.420. The third kappa shape index (κ3) is 4.64. The van der Waals surface area contributed by atoms with Crippen LogP contribution in [-0.2, 0) is 4.79 Å². The molecule has 31 heavy (non-hydrogen) atoms. The Morgan fingerprint density at radius 2 is 1.74 bits per heavy atom. The number of carbonyl (C=O) groups is 2. The fourth-order valence-corrected chi connectivity index (χ4v) is 3.54. The Bertz CT molecular complexity index is 1280. The van der Waals surface area contributed by atoms with Gasteiger partial charge in [0.1, 0.15) is 5.82 Å². The number of rotatable bonds is 6. The fraction of sp³-hybridized carbons (Fsp3) is 0.167. The smallest absolute Gasteiger partial charge is 0.225 e. The Balaban J connectivity index is 1.50. The summed E-state index contributed by atoms with van der Waals surface area (Å²) in [7, 11) is 0. The monoisotopic (exact) mass is 432 g/mol. The minimum absolute atomic E-state index is 0.0653. The summed E-state index contributed by atoms with van der Waals surface area (Å²) in [6.45, 7) is 3.87. The van der Waals surface area contributed by atoms with Gasteiger partial charge in [0, 0.05) is 34.9 Å². The summed E-state index contributed by atoms with van der Waals surface area (Å²) in [6, 6.07) is 18.3. The molecule has 0 radical (unpaired) electrons. The number of ketones is 1. The zero-order chi connectivity index (χ0) is 22.0. The van der Waals surface area contributed by atoms with Crippen molar-refractivity contribution in [2.45, 2.75) is 26.7 Å². The van der Waals surface area contributed by atoms with Gasteiger partial charge in [0.25, 0.3) is 0 Å². The highest BCUT2D eigenvalue weighted by Crippen LogP contribution is 2.22. The molecule has 0 spiro atoms. The van der Waals surface area contributed by atoms with Crippen LogP contribution < -0.4 is 5.32 Å². The maximum atomic E-state index is 12.5. The molecule has 156 valence electrons. The SMILES string of the molecule is Cc1cc(NC(=O)CCC(=O)c2ccc(Cl)cc2)n(-c2cc(C)c3ccccc3n2)n1. The van der Waals surface area contributed by atoms with Crippen molar-refractivity contribution in [1.29, 1.82) is 0 Å². The van der Waals surface area contributed by atoms with Crippen LogP contribution in [0, 0.1) is 13.8 Å². The van der Waals surface area contributed by atoms with Crippen LogP contribution in [0.2, 0.25) is 5.02 Å². The molecule has 1 N–H and O–H groups in total. The molecule has 0 aliphatic rings. The first-order valence-corrected chi connectivity index (χ1v) is 10.3. The number of hydrogen-bond donors (Lipinski definition) is 1. The molecular formula is C24H21ClN4O2. The van der Waals surface area contributed by atoms with Crippen molar-refractivity contribution in [3.63, 3.8) is 0 Å². The number of hydrogen-bond acceptors (Lipinski definition) is 4. The van der Waals surface area contributed by atoms with Gasteiger partial charge in [-0.25, -0.2) is 4.98 Å². The minimum Gasteiger partial charge on any atom is -0.311 e. The summed E-state index contributed by atoms with van der Waals surface area (Å²) in [5.74, 6) is 0.768. The molecule has 0 aliphatic carbocycles. The van der Waals surface area contributed by atoms with Crippen LogP contribution in [-0.4, -0.2) is 26.5 Å². The van der Waals surface area contributed by atoms with Gasteiger partial charge in [-0.15, -0.1) is 0 Å². The van der Waals surface area contributed by atoms with Crippen LogP contribution in [0.3, 0.4) is 0 Å². The third-order valence-corrected chi connectivity index (χ3v) is 5.22. The number of amides is 1. The van der Waals surface area contributed by atoms with Gasteiger partial charge < -0.3 is 5.32 Å². The number of pyridine rings is 1. The van der Waals surface area contributed by atoms with Gasteiger partial charge in [-0.3, -0.25) is 9.59 Å². The molecule has 0 saturated carbocycles. The number of fused-ring (bicyclic) bond motifs is 1. The van der Waals surface area contributed by atoms with Crippen molar-refractivity contribution >= 4 is 40.0 Å². The largest absolute Gasteiger partial charge is 0.311 e. The van der Waals surface area contributed by atoms with Gasteiger partial charge >= 0.3 is 0 Å². The average molecular weight is 433 g/mol. The second-order valence-electron chi connectivity index (χ2n) is 7.38. The molecule has 0 fully saturated rings. The lowest BCUT2D eigenvalue weighted by Crippen LogP contribution is -2.16. The molecule has 2 heterocycles. The first-order valence-electron chi connectivity index (χ1n) is 9.93. The number of anilines is 1. The van der Waals surface area contributed by atoms with E-state index in [1.54, 1.807) is 35.0 Å². The second-order valence-corrected chi connectivity index (χ2v) is 7.81. The van der Waals surface area contributed by atoms with Crippen molar-refractivity contribution in [2.75, 3.05) is 5.32 Å². The van der Waals surface area contributed by atoms with Crippen molar-refractivity contribution in [3.05, 3.63) is 82.5 Å². The van der Waals surface area contributed by atoms with Crippen LogP contribution in [0.15, 0.2) is 60.7 Å². The van der Waals surface area contributed by atoms with Crippen molar-refractivity contribution in [1.82, 2.24) is 14.8 Å². The normalized spacial score (nSPS) is 10.9. The molecular weight excluding hydrogens is 412 g/mol. The van der Waals surface area contributed by atoms with Crippen LogP contribution in [0.1, 0.15) is 34.5 Å². The number of aryl methyl sites for hydroxylation is 2. The van der Waals surface area contributed by atoms with E-state index in [0.717, 1.165) is 22.2 Å². The van der Waals surface area contributed by atoms with E-state index in [1.807, 2.05) is 44.2 Å². The molecule has 7 heteroatoms. The highest BCUT2D eigenvalue weighted by molar-refractivity contribution is 6.30. The first kappa shape index (κ1) is 20.8. The summed E-state index contributed by atoms with van der Waals surface area (Å²) in [5, 5.41) is 8.99. The number of halogens is 1. The molecule has 0 saturated heterocycles. The molecule has 4 aromatic rings. The van der Waals surface area contributed by atoms with E-state index < -0.39 is 0 Å². The van der Waals surface area contributed by atoms with E-state index in [2.05, 4.69) is 10.4 Å². The van der Waals surface area contributed by atoms with Gasteiger partial charge in [-0.1, -0.05) is 29.8 Å². The van der Waals surface area contributed by atoms with Gasteiger partial charge in [0.05, 0.1) is 11.2 Å². The maximum absolute atomic E-state index is 12.5. The lowest BCUT2D eigenvalue weighted by molar-refractivity contribution is -0.116. The summed E-state index contributed by atoms with van der Waals surface area (Å²) in [6.07, 6.45) is 0.170. The number of nitrogens with zero attached hydrogens (tertiary/aromatic N) is 3. The summed E-state index contributed by atoms with van der Waals surface area (Å²) >= 11 is 5.85. The van der Waals surface area contributed by atoms with E-state index >= 15 is 0 Å². The highest BCUT2D eigenvalue weighted by Gasteiger charge is 2.15. The lowest BCUT2D eigenvalue weighted by atomic mass is 10.1. The van der Waals surface area contributed by atoms with Crippen LogP contribution in [0.5, 0.6) is 0 Å². The van der Waals surface area contributed by atoms with Crippen LogP contribution >= 0.6 is 11.6 Å². The van der Waals surface area contributed by atoms with E-state index in [4.69, 9.17) is 16.6 Å². The zero-order valence-electron chi connectivity index (χ0n) is 17.2. The maximum Gasteiger partial charge on any atom is 0.225 e. The van der Waals surface area contributed by atoms with E-state index in [0.29, 0.717) is 22.2 Å². The second kappa shape index (κ2) is 8.70. The Hall–Kier alpha value is -3.51. The Morgan fingerprint density at radius 3 is 2.52 bits per heavy atom. The Morgan fingerprint density at radius 1 is 1.00 bits per heavy atom. The number of nitrogens with one attached hydrogen (secondary N) is 1. The third-order valence-electron chi connectivity index (χ3n) is 4.97. The fourth-order valence-electron chi connectivity index (χ4n) is 3.42. The summed E-state index contributed by atoms with van der Waals surface area (Å²) in [5.41, 5.74) is 3.21. The standard InChI is InChI=1S/C24H21ClN4O2/c1-15-13-22(26-20-6-4-3-5-19(15)20)29-23(14-16(2)28-29)27-24(31)12-11-21(30)17-7-9-18(25)10-8-17/h3-10,13-14H,11-12H2,1-2H3,(H,27,31). The molecule has 0 aliphatic heterocycles. The van der Waals surface area contributed by atoms with E-state index in [-0.39, 0.29) is 24.5 Å². The Labute approximate surface area is 184 Å². The topological polar surface area (TPSA) is 76.9 Å². The number of benzene rings is 2. The van der Waals surface area contributed by atoms with Gasteiger partial charge in [0.15, 0.2) is 11.6 Å². The molecule has 4 rings (SSSR count). The highest BCUT2D eigenvalue weighted by atomic mass is 35.5. The molecule has 6 nitrogen and oxygen atoms in total. The van der Waals surface area contributed by atoms with Crippen molar-refractivity contribution in [3.8, 4) is 5.82 Å². The number of carbonyl (C=O) groups excluding carboxylic acids is 2. The van der Waals surface area contributed by atoms with Gasteiger partial charge in [-0.05, 0) is 55.8 Å². The lowest BCUT2D eigenvalue weighted by Gasteiger charge is -2.10. The zero-order valence-corrected chi connectivity index (χ0v) is 18.0. The van der Waals surface area contributed by atoms with Gasteiger partial charge in [-0.2, -0.15) is 9.78 Å². The molecule has 1 amide bonds. The molecule has 0 bridgehead atoms. The summed E-state index contributed by atoms with van der Waals surface area (Å²) < 4.78 is 1.62. The van der Waals surface area contributed by atoms with Crippen LogP contribution in [0.4, 0.5) is 5.82 Å². The van der Waals surface area contributed by atoms with Gasteiger partial charge in [0.2, 0.25) is 5.91 Å².